The molecule has 1 saturated carbocycles. The monoisotopic (exact) mass is 243 g/mol. The molecule has 3 rings (SSSR count). The quantitative estimate of drug-likeness (QED) is 0.791. The van der Waals surface area contributed by atoms with Gasteiger partial charge in [-0.2, -0.15) is 0 Å². The van der Waals surface area contributed by atoms with Gasteiger partial charge in [0.2, 0.25) is 0 Å². The Balaban J connectivity index is 1.69. The van der Waals surface area contributed by atoms with E-state index in [1.807, 2.05) is 0 Å². The summed E-state index contributed by atoms with van der Waals surface area (Å²) in [7, 11) is 0. The van der Waals surface area contributed by atoms with Gasteiger partial charge >= 0.3 is 0 Å². The standard InChI is InChI=1S/C15H21N3/c1-2-18-14-6-4-3-5-13(14)17-15(18)11-16-10-9-12-7-8-12/h3-6,12,16H,2,7-11H2,1H3. The molecule has 0 bridgehead atoms. The number of imidazole rings is 1. The number of rotatable bonds is 6. The molecule has 0 radical (unpaired) electrons. The second-order valence-corrected chi connectivity index (χ2v) is 5.17. The molecule has 18 heavy (non-hydrogen) atoms. The van der Waals surface area contributed by atoms with Crippen molar-refractivity contribution in [2.24, 2.45) is 5.92 Å². The summed E-state index contributed by atoms with van der Waals surface area (Å²) in [5, 5.41) is 3.53. The van der Waals surface area contributed by atoms with Gasteiger partial charge in [-0.1, -0.05) is 25.0 Å². The van der Waals surface area contributed by atoms with Crippen LogP contribution in [-0.4, -0.2) is 16.1 Å². The van der Waals surface area contributed by atoms with Crippen LogP contribution in [0.4, 0.5) is 0 Å². The number of aryl methyl sites for hydroxylation is 1. The minimum absolute atomic E-state index is 0.884. The molecule has 1 fully saturated rings. The van der Waals surface area contributed by atoms with Crippen LogP contribution in [0, 0.1) is 5.92 Å². The van der Waals surface area contributed by atoms with Crippen LogP contribution in [0.5, 0.6) is 0 Å². The largest absolute Gasteiger partial charge is 0.327 e. The highest BCUT2D eigenvalue weighted by atomic mass is 15.1. The molecule has 0 spiro atoms. The third-order valence-corrected chi connectivity index (χ3v) is 3.76. The van der Waals surface area contributed by atoms with Gasteiger partial charge in [0, 0.05) is 6.54 Å². The van der Waals surface area contributed by atoms with E-state index in [4.69, 9.17) is 4.98 Å². The minimum atomic E-state index is 0.884. The Morgan fingerprint density at radius 1 is 1.33 bits per heavy atom. The molecule has 96 valence electrons. The molecule has 1 aliphatic carbocycles. The van der Waals surface area contributed by atoms with Crippen LogP contribution in [0.3, 0.4) is 0 Å². The molecule has 0 amide bonds. The van der Waals surface area contributed by atoms with Crippen molar-refractivity contribution in [1.82, 2.24) is 14.9 Å². The number of hydrogen-bond acceptors (Lipinski definition) is 2. The molecule has 3 nitrogen and oxygen atoms in total. The van der Waals surface area contributed by atoms with E-state index >= 15 is 0 Å². The Hall–Kier alpha value is -1.35. The molecular weight excluding hydrogens is 222 g/mol. The zero-order valence-corrected chi connectivity index (χ0v) is 11.0. The molecular formula is C15H21N3. The normalized spacial score (nSPS) is 15.4. The van der Waals surface area contributed by atoms with Crippen molar-refractivity contribution in [2.75, 3.05) is 6.54 Å². The van der Waals surface area contributed by atoms with E-state index in [0.29, 0.717) is 0 Å². The molecule has 0 aliphatic heterocycles. The molecule has 1 aromatic carbocycles. The summed E-state index contributed by atoms with van der Waals surface area (Å²) in [4.78, 5) is 4.72. The maximum atomic E-state index is 4.72. The van der Waals surface area contributed by atoms with Gasteiger partial charge in [-0.15, -0.1) is 0 Å². The zero-order chi connectivity index (χ0) is 12.4. The average molecular weight is 243 g/mol. The summed E-state index contributed by atoms with van der Waals surface area (Å²) in [5.74, 6) is 2.16. The van der Waals surface area contributed by atoms with Gasteiger partial charge < -0.3 is 9.88 Å². The van der Waals surface area contributed by atoms with Gasteiger partial charge in [0.05, 0.1) is 17.6 Å². The van der Waals surface area contributed by atoms with Crippen molar-refractivity contribution in [1.29, 1.82) is 0 Å². The fourth-order valence-corrected chi connectivity index (χ4v) is 2.53. The first-order chi connectivity index (χ1) is 8.88. The Morgan fingerprint density at radius 2 is 2.17 bits per heavy atom. The molecule has 0 unspecified atom stereocenters. The van der Waals surface area contributed by atoms with E-state index < -0.39 is 0 Å². The summed E-state index contributed by atoms with van der Waals surface area (Å²) in [6.07, 6.45) is 4.21. The molecule has 2 aromatic rings. The van der Waals surface area contributed by atoms with Crippen LogP contribution in [0.2, 0.25) is 0 Å². The molecule has 0 saturated heterocycles. The lowest BCUT2D eigenvalue weighted by Gasteiger charge is -2.07. The maximum Gasteiger partial charge on any atom is 0.123 e. The minimum Gasteiger partial charge on any atom is -0.327 e. The van der Waals surface area contributed by atoms with Crippen LogP contribution < -0.4 is 5.32 Å². The fourth-order valence-electron chi connectivity index (χ4n) is 2.53. The number of hydrogen-bond donors (Lipinski definition) is 1. The van der Waals surface area contributed by atoms with Crippen molar-refractivity contribution in [3.8, 4) is 0 Å². The van der Waals surface area contributed by atoms with Crippen molar-refractivity contribution in [2.45, 2.75) is 39.3 Å². The summed E-state index contributed by atoms with van der Waals surface area (Å²) in [5.41, 5.74) is 2.36. The van der Waals surface area contributed by atoms with Gasteiger partial charge in [-0.3, -0.25) is 0 Å². The Labute approximate surface area is 108 Å². The lowest BCUT2D eigenvalue weighted by molar-refractivity contribution is 0.580. The fraction of sp³-hybridized carbons (Fsp3) is 0.533. The number of para-hydroxylation sites is 2. The first-order valence-corrected chi connectivity index (χ1v) is 7.03. The van der Waals surface area contributed by atoms with Crippen molar-refractivity contribution >= 4 is 11.0 Å². The molecule has 0 atom stereocenters. The molecule has 1 heterocycles. The van der Waals surface area contributed by atoms with Crippen molar-refractivity contribution < 1.29 is 0 Å². The topological polar surface area (TPSA) is 29.9 Å². The highest BCUT2D eigenvalue weighted by molar-refractivity contribution is 5.75. The van der Waals surface area contributed by atoms with Gasteiger partial charge in [-0.05, 0) is 37.9 Å². The number of nitrogens with zero attached hydrogens (tertiary/aromatic N) is 2. The molecule has 3 heteroatoms. The first-order valence-electron chi connectivity index (χ1n) is 7.03. The van der Waals surface area contributed by atoms with E-state index in [1.54, 1.807) is 0 Å². The van der Waals surface area contributed by atoms with Gasteiger partial charge in [0.25, 0.3) is 0 Å². The lowest BCUT2D eigenvalue weighted by atomic mass is 10.3. The summed E-state index contributed by atoms with van der Waals surface area (Å²) in [6.45, 7) is 5.18. The molecule has 1 N–H and O–H groups in total. The number of aromatic nitrogens is 2. The lowest BCUT2D eigenvalue weighted by Crippen LogP contribution is -2.18. The number of benzene rings is 1. The second-order valence-electron chi connectivity index (χ2n) is 5.17. The summed E-state index contributed by atoms with van der Waals surface area (Å²) < 4.78 is 2.31. The second kappa shape index (κ2) is 5.11. The van der Waals surface area contributed by atoms with Crippen molar-refractivity contribution in [3.05, 3.63) is 30.1 Å². The van der Waals surface area contributed by atoms with Crippen LogP contribution in [0.15, 0.2) is 24.3 Å². The van der Waals surface area contributed by atoms with Crippen LogP contribution in [0.25, 0.3) is 11.0 Å². The van der Waals surface area contributed by atoms with Crippen LogP contribution >= 0.6 is 0 Å². The van der Waals surface area contributed by atoms with Crippen molar-refractivity contribution in [3.63, 3.8) is 0 Å². The maximum absolute atomic E-state index is 4.72. The SMILES string of the molecule is CCn1c(CNCCC2CC2)nc2ccccc21. The first kappa shape index (κ1) is 11.7. The third kappa shape index (κ3) is 2.41. The van der Waals surface area contributed by atoms with E-state index in [1.165, 1.54) is 24.8 Å². The van der Waals surface area contributed by atoms with Gasteiger partial charge in [0.15, 0.2) is 0 Å². The van der Waals surface area contributed by atoms with E-state index in [0.717, 1.165) is 36.9 Å². The summed E-state index contributed by atoms with van der Waals surface area (Å²) >= 11 is 0. The van der Waals surface area contributed by atoms with Crippen LogP contribution in [0.1, 0.15) is 32.0 Å². The smallest absolute Gasteiger partial charge is 0.123 e. The number of nitrogens with one attached hydrogen (secondary N) is 1. The highest BCUT2D eigenvalue weighted by Crippen LogP contribution is 2.31. The highest BCUT2D eigenvalue weighted by Gasteiger charge is 2.20. The van der Waals surface area contributed by atoms with E-state index in [2.05, 4.69) is 41.1 Å². The predicted molar refractivity (Wildman–Crippen MR) is 74.5 cm³/mol. The van der Waals surface area contributed by atoms with Gasteiger partial charge in [0.1, 0.15) is 5.82 Å². The predicted octanol–water partition coefficient (Wildman–Crippen LogP) is 2.95. The third-order valence-electron chi connectivity index (χ3n) is 3.76. The zero-order valence-electron chi connectivity index (χ0n) is 11.0. The van der Waals surface area contributed by atoms with Crippen LogP contribution in [-0.2, 0) is 13.1 Å². The number of fused-ring (bicyclic) bond motifs is 1. The summed E-state index contributed by atoms with van der Waals surface area (Å²) in [6, 6.07) is 8.38. The Morgan fingerprint density at radius 3 is 2.94 bits per heavy atom. The van der Waals surface area contributed by atoms with E-state index in [9.17, 15) is 0 Å². The average Bonchev–Trinajstić information content (AvgIpc) is 3.14. The van der Waals surface area contributed by atoms with E-state index in [-0.39, 0.29) is 0 Å². The molecule has 1 aromatic heterocycles. The van der Waals surface area contributed by atoms with Gasteiger partial charge in [-0.25, -0.2) is 4.98 Å². The Kier molecular flexibility index (Phi) is 3.33. The Bertz CT molecular complexity index is 526. The molecule has 1 aliphatic rings.